The molecule has 250 valence electrons. The van der Waals surface area contributed by atoms with Gasteiger partial charge in [-0.15, -0.1) is 0 Å². The lowest BCUT2D eigenvalue weighted by molar-refractivity contribution is 0.668. The second-order valence-corrected chi connectivity index (χ2v) is 13.8. The molecule has 8 aromatic carbocycles. The number of fused-ring (bicyclic) bond motifs is 12. The van der Waals surface area contributed by atoms with E-state index < -0.39 is 0 Å². The van der Waals surface area contributed by atoms with Crippen molar-refractivity contribution in [3.63, 3.8) is 0 Å². The number of para-hydroxylation sites is 5. The Bertz CT molecular complexity index is 3320. The average molecular weight is 681 g/mol. The van der Waals surface area contributed by atoms with E-state index in [-0.39, 0.29) is 0 Å². The molecule has 4 nitrogen and oxygen atoms in total. The molecule has 0 aliphatic rings. The van der Waals surface area contributed by atoms with Crippen LogP contribution in [0, 0.1) is 6.92 Å². The molecule has 53 heavy (non-hydrogen) atoms. The average Bonchev–Trinajstić information content (AvgIpc) is 3.95. The summed E-state index contributed by atoms with van der Waals surface area (Å²) >= 11 is 0. The highest BCUT2D eigenvalue weighted by Crippen LogP contribution is 2.37. The van der Waals surface area contributed by atoms with Crippen LogP contribution in [-0.4, -0.2) is 9.13 Å². The molecule has 0 N–H and O–H groups in total. The number of nitrogens with zero attached hydrogens (tertiary/aromatic N) is 2. The first kappa shape index (κ1) is 29.7. The SMILES string of the molecule is Cc1ccc2c(c1)c1ccccc1n2-c1ccc2oc3ccccc3c2c1.c1ccc2c(c1)oc1ccc(-n3c4ccccc4c4ccccc43)cc12. The van der Waals surface area contributed by atoms with Gasteiger partial charge in [0.15, 0.2) is 0 Å². The van der Waals surface area contributed by atoms with Gasteiger partial charge in [0.25, 0.3) is 0 Å². The van der Waals surface area contributed by atoms with E-state index >= 15 is 0 Å². The van der Waals surface area contributed by atoms with Gasteiger partial charge in [-0.25, -0.2) is 0 Å². The maximum Gasteiger partial charge on any atom is 0.135 e. The molecular weight excluding hydrogens is 649 g/mol. The normalized spacial score (nSPS) is 11.9. The monoisotopic (exact) mass is 680 g/mol. The quantitative estimate of drug-likeness (QED) is 0.182. The third kappa shape index (κ3) is 4.56. The molecular formula is C49H32N2O2. The summed E-state index contributed by atoms with van der Waals surface area (Å²) in [7, 11) is 0. The third-order valence-electron chi connectivity index (χ3n) is 10.6. The predicted octanol–water partition coefficient (Wildman–Crippen LogP) is 13.7. The highest BCUT2D eigenvalue weighted by atomic mass is 16.3. The Balaban J connectivity index is 0.000000125. The van der Waals surface area contributed by atoms with E-state index in [2.05, 4.69) is 168 Å². The molecule has 0 radical (unpaired) electrons. The molecule has 0 amide bonds. The molecule has 12 rings (SSSR count). The number of aryl methyl sites for hydroxylation is 1. The Kier molecular flexibility index (Phi) is 6.43. The van der Waals surface area contributed by atoms with Crippen LogP contribution in [0.2, 0.25) is 0 Å². The summed E-state index contributed by atoms with van der Waals surface area (Å²) in [6, 6.07) is 61.9. The van der Waals surface area contributed by atoms with Crippen molar-refractivity contribution in [1.82, 2.24) is 9.13 Å². The predicted molar refractivity (Wildman–Crippen MR) is 221 cm³/mol. The number of benzene rings is 8. The standard InChI is InChI=1S/C25H17NO.C24H15NO/c1-16-10-12-23-20(14-16)18-6-2-4-8-22(18)26(23)17-11-13-25-21(15-17)19-7-3-5-9-24(19)27-25;1-4-10-21-17(7-1)18-8-2-5-11-22(18)25(21)16-13-14-24-20(15-16)19-9-3-6-12-23(19)26-24/h2-15H,1H3;1-15H. The van der Waals surface area contributed by atoms with Crippen molar-refractivity contribution >= 4 is 87.5 Å². The molecule has 0 atom stereocenters. The second kappa shape index (κ2) is 11.5. The fourth-order valence-corrected chi connectivity index (χ4v) is 8.27. The first-order valence-corrected chi connectivity index (χ1v) is 18.0. The third-order valence-corrected chi connectivity index (χ3v) is 10.6. The van der Waals surface area contributed by atoms with E-state index in [1.165, 1.54) is 49.2 Å². The molecule has 0 saturated heterocycles. The van der Waals surface area contributed by atoms with E-state index in [4.69, 9.17) is 8.83 Å². The molecule has 0 unspecified atom stereocenters. The molecule has 12 aromatic rings. The zero-order valence-electron chi connectivity index (χ0n) is 29.0. The Morgan fingerprint density at radius 1 is 0.302 bits per heavy atom. The number of furan rings is 2. The van der Waals surface area contributed by atoms with Crippen LogP contribution in [-0.2, 0) is 0 Å². The van der Waals surface area contributed by atoms with Gasteiger partial charge < -0.3 is 18.0 Å². The van der Waals surface area contributed by atoms with Crippen LogP contribution in [0.1, 0.15) is 5.56 Å². The highest BCUT2D eigenvalue weighted by molar-refractivity contribution is 6.12. The lowest BCUT2D eigenvalue weighted by atomic mass is 10.1. The van der Waals surface area contributed by atoms with Gasteiger partial charge in [-0.3, -0.25) is 0 Å². The Labute approximate surface area is 304 Å². The van der Waals surface area contributed by atoms with Gasteiger partial charge in [-0.05, 0) is 85.8 Å². The van der Waals surface area contributed by atoms with Gasteiger partial charge in [-0.1, -0.05) is 103 Å². The first-order chi connectivity index (χ1) is 26.2. The van der Waals surface area contributed by atoms with Gasteiger partial charge >= 0.3 is 0 Å². The van der Waals surface area contributed by atoms with Crippen molar-refractivity contribution in [3.05, 3.63) is 181 Å². The summed E-state index contributed by atoms with van der Waals surface area (Å²) in [6.07, 6.45) is 0. The lowest BCUT2D eigenvalue weighted by Gasteiger charge is -2.08. The minimum Gasteiger partial charge on any atom is -0.456 e. The molecule has 0 spiro atoms. The zero-order chi connectivity index (χ0) is 35.0. The molecule has 0 aliphatic carbocycles. The topological polar surface area (TPSA) is 36.1 Å². The van der Waals surface area contributed by atoms with Crippen LogP contribution in [0.3, 0.4) is 0 Å². The van der Waals surface area contributed by atoms with Crippen molar-refractivity contribution in [2.24, 2.45) is 0 Å². The Morgan fingerprint density at radius 3 is 1.17 bits per heavy atom. The van der Waals surface area contributed by atoms with Crippen molar-refractivity contribution in [1.29, 1.82) is 0 Å². The molecule has 0 aliphatic heterocycles. The van der Waals surface area contributed by atoms with Crippen LogP contribution < -0.4 is 0 Å². The van der Waals surface area contributed by atoms with E-state index in [0.717, 1.165) is 55.3 Å². The highest BCUT2D eigenvalue weighted by Gasteiger charge is 2.15. The summed E-state index contributed by atoms with van der Waals surface area (Å²) in [5.41, 5.74) is 12.2. The van der Waals surface area contributed by atoms with Crippen LogP contribution >= 0.6 is 0 Å². The van der Waals surface area contributed by atoms with Gasteiger partial charge in [0, 0.05) is 54.5 Å². The lowest BCUT2D eigenvalue weighted by Crippen LogP contribution is -1.93. The van der Waals surface area contributed by atoms with Crippen LogP contribution in [0.4, 0.5) is 0 Å². The summed E-state index contributed by atoms with van der Waals surface area (Å²) < 4.78 is 16.7. The second-order valence-electron chi connectivity index (χ2n) is 13.8. The van der Waals surface area contributed by atoms with E-state index in [1.54, 1.807) is 0 Å². The van der Waals surface area contributed by atoms with E-state index in [9.17, 15) is 0 Å². The van der Waals surface area contributed by atoms with Crippen molar-refractivity contribution in [3.8, 4) is 11.4 Å². The molecule has 4 heteroatoms. The maximum absolute atomic E-state index is 6.01. The fourth-order valence-electron chi connectivity index (χ4n) is 8.27. The maximum atomic E-state index is 6.01. The fraction of sp³-hybridized carbons (Fsp3) is 0.0204. The summed E-state index contributed by atoms with van der Waals surface area (Å²) in [6.45, 7) is 2.15. The number of aromatic nitrogens is 2. The Morgan fingerprint density at radius 2 is 0.679 bits per heavy atom. The summed E-state index contributed by atoms with van der Waals surface area (Å²) in [5, 5.41) is 9.76. The Hall–Kier alpha value is -7.04. The molecule has 4 heterocycles. The summed E-state index contributed by atoms with van der Waals surface area (Å²) in [4.78, 5) is 0. The number of hydrogen-bond acceptors (Lipinski definition) is 2. The first-order valence-electron chi connectivity index (χ1n) is 18.0. The minimum atomic E-state index is 0.927. The number of rotatable bonds is 2. The van der Waals surface area contributed by atoms with Crippen LogP contribution in [0.15, 0.2) is 185 Å². The van der Waals surface area contributed by atoms with Gasteiger partial charge in [0.05, 0.1) is 22.1 Å². The van der Waals surface area contributed by atoms with Crippen LogP contribution in [0.5, 0.6) is 0 Å². The zero-order valence-corrected chi connectivity index (χ0v) is 29.0. The molecule has 0 bridgehead atoms. The largest absolute Gasteiger partial charge is 0.456 e. The minimum absolute atomic E-state index is 0.927. The molecule has 0 fully saturated rings. The van der Waals surface area contributed by atoms with Crippen LogP contribution in [0.25, 0.3) is 98.9 Å². The molecule has 4 aromatic heterocycles. The number of hydrogen-bond donors (Lipinski definition) is 0. The van der Waals surface area contributed by atoms with Crippen molar-refractivity contribution < 1.29 is 8.83 Å². The summed E-state index contributed by atoms with van der Waals surface area (Å²) in [5.74, 6) is 0. The van der Waals surface area contributed by atoms with Gasteiger partial charge in [-0.2, -0.15) is 0 Å². The molecule has 0 saturated carbocycles. The van der Waals surface area contributed by atoms with E-state index in [1.807, 2.05) is 24.3 Å². The smallest absolute Gasteiger partial charge is 0.135 e. The van der Waals surface area contributed by atoms with Gasteiger partial charge in [0.1, 0.15) is 22.3 Å². The van der Waals surface area contributed by atoms with Crippen molar-refractivity contribution in [2.45, 2.75) is 6.92 Å². The van der Waals surface area contributed by atoms with E-state index in [0.29, 0.717) is 0 Å². The van der Waals surface area contributed by atoms with Crippen molar-refractivity contribution in [2.75, 3.05) is 0 Å². The van der Waals surface area contributed by atoms with Gasteiger partial charge in [0.2, 0.25) is 0 Å².